The number of hydrogen-bond acceptors (Lipinski definition) is 6. The average Bonchev–Trinajstić information content (AvgIpc) is 3.13. The first-order valence-electron chi connectivity index (χ1n) is 10.1. The van der Waals surface area contributed by atoms with Crippen molar-refractivity contribution in [3.05, 3.63) is 112 Å². The smallest absolute Gasteiger partial charge is 0.336 e. The lowest BCUT2D eigenvalue weighted by molar-refractivity contribution is -0.384. The molecule has 0 spiro atoms. The lowest BCUT2D eigenvalue weighted by Crippen LogP contribution is -2.35. The van der Waals surface area contributed by atoms with E-state index in [1.165, 1.54) is 48.6 Å². The van der Waals surface area contributed by atoms with Crippen molar-refractivity contribution < 1.29 is 24.0 Å². The van der Waals surface area contributed by atoms with E-state index in [-0.39, 0.29) is 17.0 Å². The zero-order valence-corrected chi connectivity index (χ0v) is 17.6. The van der Waals surface area contributed by atoms with Crippen molar-refractivity contribution in [1.82, 2.24) is 5.43 Å². The van der Waals surface area contributed by atoms with Crippen molar-refractivity contribution in [2.24, 2.45) is 0 Å². The Balaban J connectivity index is 1.51. The highest BCUT2D eigenvalue weighted by Gasteiger charge is 2.34. The molecule has 0 saturated carbocycles. The summed E-state index contributed by atoms with van der Waals surface area (Å²) in [6.07, 6.45) is 4.00. The zero-order chi connectivity index (χ0) is 24.1. The molecule has 1 aliphatic rings. The topological polar surface area (TPSA) is 119 Å². The number of ether oxygens (including phenoxy) is 1. The van der Waals surface area contributed by atoms with E-state index >= 15 is 0 Å². The Bertz CT molecular complexity index is 1330. The Morgan fingerprint density at radius 3 is 2.32 bits per heavy atom. The van der Waals surface area contributed by atoms with Crippen molar-refractivity contribution in [3.63, 3.8) is 0 Å². The molecule has 0 radical (unpaired) electrons. The van der Waals surface area contributed by atoms with Crippen LogP contribution < -0.4 is 15.2 Å². The minimum absolute atomic E-state index is 0.0574. The maximum atomic E-state index is 12.8. The van der Waals surface area contributed by atoms with E-state index in [9.17, 15) is 24.5 Å². The number of carbonyl (C=O) groups is 3. The van der Waals surface area contributed by atoms with Gasteiger partial charge >= 0.3 is 5.97 Å². The van der Waals surface area contributed by atoms with Crippen LogP contribution in [0.5, 0.6) is 5.75 Å². The van der Waals surface area contributed by atoms with Gasteiger partial charge in [0.2, 0.25) is 0 Å². The molecule has 1 saturated heterocycles. The maximum Gasteiger partial charge on any atom is 0.336 e. The molecule has 9 nitrogen and oxygen atoms in total. The fourth-order valence-corrected chi connectivity index (χ4v) is 3.18. The van der Waals surface area contributed by atoms with Gasteiger partial charge in [0.15, 0.2) is 0 Å². The number of nitrogens with one attached hydrogen (secondary N) is 1. The molecule has 2 amide bonds. The van der Waals surface area contributed by atoms with Crippen molar-refractivity contribution in [3.8, 4) is 5.75 Å². The van der Waals surface area contributed by atoms with E-state index in [0.29, 0.717) is 16.8 Å². The van der Waals surface area contributed by atoms with Crippen LogP contribution in [0.15, 0.2) is 90.5 Å². The Hall–Kier alpha value is -5.05. The van der Waals surface area contributed by atoms with Crippen molar-refractivity contribution in [2.45, 2.75) is 0 Å². The molecule has 1 fully saturated rings. The fraction of sp³-hybridized carbons (Fsp3) is 0. The van der Waals surface area contributed by atoms with Crippen LogP contribution in [0.2, 0.25) is 0 Å². The van der Waals surface area contributed by atoms with Gasteiger partial charge in [0.1, 0.15) is 11.3 Å². The van der Waals surface area contributed by atoms with E-state index in [4.69, 9.17) is 4.74 Å². The second-order valence-corrected chi connectivity index (χ2v) is 7.12. The van der Waals surface area contributed by atoms with Crippen LogP contribution in [0.25, 0.3) is 12.2 Å². The molecule has 1 heterocycles. The van der Waals surface area contributed by atoms with E-state index in [0.717, 1.165) is 5.01 Å². The number of anilines is 1. The minimum Gasteiger partial charge on any atom is -0.423 e. The summed E-state index contributed by atoms with van der Waals surface area (Å²) in [5.74, 6) is -1.65. The first-order valence-corrected chi connectivity index (χ1v) is 10.1. The number of non-ortho nitro benzene ring substituents is 1. The van der Waals surface area contributed by atoms with E-state index in [1.54, 1.807) is 48.5 Å². The summed E-state index contributed by atoms with van der Waals surface area (Å²) in [6, 6.07) is 20.8. The number of esters is 1. The van der Waals surface area contributed by atoms with E-state index in [1.807, 2.05) is 0 Å². The average molecular weight is 455 g/mol. The third-order valence-corrected chi connectivity index (χ3v) is 4.85. The molecule has 0 aliphatic carbocycles. The number of benzene rings is 3. The predicted octanol–water partition coefficient (Wildman–Crippen LogP) is 3.68. The number of nitrogens with zero attached hydrogens (tertiary/aromatic N) is 2. The number of para-hydroxylation sites is 2. The Morgan fingerprint density at radius 2 is 1.62 bits per heavy atom. The summed E-state index contributed by atoms with van der Waals surface area (Å²) in [5.41, 5.74) is 3.81. The molecule has 1 N–H and O–H groups in total. The van der Waals surface area contributed by atoms with Gasteiger partial charge in [-0.1, -0.05) is 36.4 Å². The number of amides is 2. The van der Waals surface area contributed by atoms with Crippen LogP contribution >= 0.6 is 0 Å². The van der Waals surface area contributed by atoms with Crippen molar-refractivity contribution in [1.29, 1.82) is 0 Å². The number of hydrogen-bond donors (Lipinski definition) is 1. The Labute approximate surface area is 193 Å². The van der Waals surface area contributed by atoms with E-state index < -0.39 is 22.7 Å². The molecule has 4 rings (SSSR count). The zero-order valence-electron chi connectivity index (χ0n) is 17.6. The Morgan fingerprint density at radius 1 is 0.941 bits per heavy atom. The molecule has 34 heavy (non-hydrogen) atoms. The molecule has 3 aromatic carbocycles. The maximum absolute atomic E-state index is 12.8. The largest absolute Gasteiger partial charge is 0.423 e. The van der Waals surface area contributed by atoms with Crippen molar-refractivity contribution >= 4 is 41.3 Å². The molecule has 3 aromatic rings. The molecule has 0 aromatic heterocycles. The quantitative estimate of drug-likeness (QED) is 0.151. The first-order chi connectivity index (χ1) is 16.4. The van der Waals surface area contributed by atoms with Gasteiger partial charge in [-0.2, -0.15) is 0 Å². The summed E-state index contributed by atoms with van der Waals surface area (Å²) in [7, 11) is 0. The molecule has 0 bridgehead atoms. The normalized spacial score (nSPS) is 14.5. The number of hydrazine groups is 1. The van der Waals surface area contributed by atoms with Crippen LogP contribution in [-0.2, 0) is 14.4 Å². The number of nitro benzene ring substituents is 1. The number of carbonyl (C=O) groups excluding carboxylic acids is 3. The van der Waals surface area contributed by atoms with Crippen LogP contribution in [0.1, 0.15) is 11.1 Å². The number of nitro groups is 1. The monoisotopic (exact) mass is 455 g/mol. The summed E-state index contributed by atoms with van der Waals surface area (Å²) >= 11 is 0. The SMILES string of the molecule is O=C(/C=C/c1ccc([N+](=O)[O-])cc1)Oc1ccccc1/C=C1\C(=O)NN(c2ccccc2)C1=O. The number of rotatable bonds is 6. The van der Waals surface area contributed by atoms with Gasteiger partial charge in [0, 0.05) is 23.8 Å². The molecule has 9 heteroatoms. The van der Waals surface area contributed by atoms with Gasteiger partial charge in [0.05, 0.1) is 10.6 Å². The van der Waals surface area contributed by atoms with Gasteiger partial charge in [-0.05, 0) is 48.0 Å². The Kier molecular flexibility index (Phi) is 6.26. The van der Waals surface area contributed by atoms with Crippen LogP contribution in [0.4, 0.5) is 11.4 Å². The van der Waals surface area contributed by atoms with Crippen LogP contribution in [0, 0.1) is 10.1 Å². The van der Waals surface area contributed by atoms with E-state index in [2.05, 4.69) is 5.43 Å². The predicted molar refractivity (Wildman–Crippen MR) is 124 cm³/mol. The van der Waals surface area contributed by atoms with Gasteiger partial charge in [-0.25, -0.2) is 9.80 Å². The van der Waals surface area contributed by atoms with Crippen molar-refractivity contribution in [2.75, 3.05) is 5.01 Å². The summed E-state index contributed by atoms with van der Waals surface area (Å²) in [5, 5.41) is 11.9. The molecular weight excluding hydrogens is 438 g/mol. The third kappa shape index (κ3) is 4.89. The summed E-state index contributed by atoms with van der Waals surface area (Å²) < 4.78 is 5.39. The van der Waals surface area contributed by atoms with Crippen LogP contribution in [0.3, 0.4) is 0 Å². The second-order valence-electron chi connectivity index (χ2n) is 7.12. The fourth-order valence-electron chi connectivity index (χ4n) is 3.18. The summed E-state index contributed by atoms with van der Waals surface area (Å²) in [4.78, 5) is 47.8. The lowest BCUT2D eigenvalue weighted by Gasteiger charge is -2.13. The van der Waals surface area contributed by atoms with Crippen LogP contribution in [-0.4, -0.2) is 22.7 Å². The first kappa shape index (κ1) is 22.2. The lowest BCUT2D eigenvalue weighted by atomic mass is 10.1. The highest BCUT2D eigenvalue weighted by Crippen LogP contribution is 2.25. The standard InChI is InChI=1S/C25H17N3O6/c29-23(15-12-17-10-13-20(14-11-17)28(32)33)34-22-9-5-4-6-18(22)16-21-24(30)26-27(25(21)31)19-7-2-1-3-8-19/h1-16H,(H,26,30)/b15-12+,21-16+. The molecule has 168 valence electrons. The molecule has 1 aliphatic heterocycles. The highest BCUT2D eigenvalue weighted by atomic mass is 16.6. The summed E-state index contributed by atoms with van der Waals surface area (Å²) in [6.45, 7) is 0. The minimum atomic E-state index is -0.697. The highest BCUT2D eigenvalue weighted by molar-refractivity contribution is 6.31. The molecular formula is C25H17N3O6. The molecule has 0 atom stereocenters. The van der Waals surface area contributed by atoms with Gasteiger partial charge in [0.25, 0.3) is 17.5 Å². The second kappa shape index (κ2) is 9.61. The van der Waals surface area contributed by atoms with Gasteiger partial charge < -0.3 is 4.74 Å². The van der Waals surface area contributed by atoms with Gasteiger partial charge in [-0.15, -0.1) is 0 Å². The third-order valence-electron chi connectivity index (χ3n) is 4.85. The molecule has 0 unspecified atom stereocenters. The van der Waals surface area contributed by atoms with Gasteiger partial charge in [-0.3, -0.25) is 25.1 Å².